The molecule has 5 N–H and O–H groups in total. The summed E-state index contributed by atoms with van der Waals surface area (Å²) in [7, 11) is 16.6. The Morgan fingerprint density at radius 1 is 0.342 bits per heavy atom. The number of aromatic nitrogens is 12. The van der Waals surface area contributed by atoms with Gasteiger partial charge in [-0.05, 0) is 217 Å². The minimum Gasteiger partial charge on any atom is -0.385 e. The molecule has 6 aromatic carbocycles. The van der Waals surface area contributed by atoms with Crippen molar-refractivity contribution in [3.63, 3.8) is 0 Å². The molecule has 0 bridgehead atoms. The van der Waals surface area contributed by atoms with E-state index >= 15 is 0 Å². The van der Waals surface area contributed by atoms with E-state index < -0.39 is 0 Å². The van der Waals surface area contributed by atoms with Crippen LogP contribution < -0.4 is 59.9 Å². The van der Waals surface area contributed by atoms with E-state index in [4.69, 9.17) is 4.74 Å². The Labute approximate surface area is 701 Å². The number of aliphatic imine (C=N–C) groups is 1. The molecular formula is C90H121N23O7. The summed E-state index contributed by atoms with van der Waals surface area (Å²) >= 11 is 0. The Morgan fingerprint density at radius 3 is 0.908 bits per heavy atom. The Bertz CT molecular complexity index is 5880. The van der Waals surface area contributed by atoms with E-state index in [2.05, 4.69) is 92.9 Å². The van der Waals surface area contributed by atoms with Crippen LogP contribution in [0, 0.1) is 41.5 Å². The molecule has 120 heavy (non-hydrogen) atoms. The van der Waals surface area contributed by atoms with Crippen LogP contribution in [0.25, 0.3) is 65.4 Å². The molecule has 0 amide bonds. The number of nitrogens with one attached hydrogen (secondary N) is 5. The number of aryl methyl sites for hydroxylation is 6. The molecule has 0 radical (unpaired) electrons. The van der Waals surface area contributed by atoms with Crippen molar-refractivity contribution in [3.8, 4) is 0 Å². The van der Waals surface area contributed by atoms with Gasteiger partial charge in [-0.15, -0.1) is 0 Å². The quantitative estimate of drug-likeness (QED) is 0.0475. The molecular weight excluding hydrogens is 1520 g/mol. The Balaban J connectivity index is 0.000000141. The summed E-state index contributed by atoms with van der Waals surface area (Å²) in [6, 6.07) is 34.5. The van der Waals surface area contributed by atoms with Crippen molar-refractivity contribution in [3.05, 3.63) is 212 Å². The zero-order chi connectivity index (χ0) is 85.8. The fraction of sp³-hybridized carbons (Fsp3) is 0.456. The van der Waals surface area contributed by atoms with Gasteiger partial charge in [-0.2, -0.15) is 0 Å². The Hall–Kier alpha value is -11.6. The first-order chi connectivity index (χ1) is 57.6. The van der Waals surface area contributed by atoms with Crippen LogP contribution in [0.15, 0.2) is 143 Å². The highest BCUT2D eigenvalue weighted by Crippen LogP contribution is 2.22. The van der Waals surface area contributed by atoms with Gasteiger partial charge in [0.2, 0.25) is 0 Å². The first-order valence-corrected chi connectivity index (χ1v) is 41.8. The number of nitrogens with zero attached hydrogens (tertiary/aromatic N) is 18. The number of fused-ring (bicyclic) bond motifs is 6. The van der Waals surface area contributed by atoms with Gasteiger partial charge in [0, 0.05) is 162 Å². The smallest absolute Gasteiger partial charge is 0.261 e. The van der Waals surface area contributed by atoms with Gasteiger partial charge in [-0.3, -0.25) is 66.1 Å². The van der Waals surface area contributed by atoms with E-state index in [0.717, 1.165) is 213 Å². The van der Waals surface area contributed by atoms with E-state index in [1.807, 2.05) is 172 Å². The maximum atomic E-state index is 12.2. The van der Waals surface area contributed by atoms with Gasteiger partial charge in [-0.1, -0.05) is 19.4 Å². The zero-order valence-corrected chi connectivity index (χ0v) is 73.0. The fourth-order valence-electron chi connectivity index (χ4n) is 14.6. The van der Waals surface area contributed by atoms with Crippen LogP contribution in [0.5, 0.6) is 0 Å². The maximum absolute atomic E-state index is 12.2. The first kappa shape index (κ1) is 89.2. The van der Waals surface area contributed by atoms with Crippen LogP contribution in [-0.2, 0) is 47.0 Å². The number of hydrogen-bond donors (Lipinski definition) is 5. The van der Waals surface area contributed by atoms with Crippen LogP contribution in [0.4, 0.5) is 28.4 Å². The zero-order valence-electron chi connectivity index (χ0n) is 73.0. The second kappa shape index (κ2) is 41.9. The largest absolute Gasteiger partial charge is 0.385 e. The Kier molecular flexibility index (Phi) is 31.1. The monoisotopic (exact) mass is 1640 g/mol. The van der Waals surface area contributed by atoms with Gasteiger partial charge in [-0.25, -0.2) is 29.9 Å². The van der Waals surface area contributed by atoms with Crippen molar-refractivity contribution >= 4 is 99.7 Å². The summed E-state index contributed by atoms with van der Waals surface area (Å²) in [5.74, 6) is 5.35. The predicted octanol–water partition coefficient (Wildman–Crippen LogP) is 9.09. The van der Waals surface area contributed by atoms with Crippen molar-refractivity contribution in [2.45, 2.75) is 87.0 Å². The number of piperidine rings is 1. The lowest BCUT2D eigenvalue weighted by Gasteiger charge is -2.26. The van der Waals surface area contributed by atoms with E-state index in [1.165, 1.54) is 58.3 Å². The second-order valence-electron chi connectivity index (χ2n) is 31.5. The molecule has 16 rings (SSSR count). The molecule has 0 atom stereocenters. The number of morpholine rings is 1. The van der Waals surface area contributed by atoms with Crippen molar-refractivity contribution in [2.75, 3.05) is 172 Å². The van der Waals surface area contributed by atoms with Gasteiger partial charge < -0.3 is 50.9 Å². The third-order valence-corrected chi connectivity index (χ3v) is 22.6. The Morgan fingerprint density at radius 2 is 0.617 bits per heavy atom. The average molecular weight is 1640 g/mol. The lowest BCUT2D eigenvalue weighted by atomic mass is 10.1. The number of likely N-dealkylation sites (tertiary alicyclic amines) is 2. The second-order valence-corrected chi connectivity index (χ2v) is 31.5. The summed E-state index contributed by atoms with van der Waals surface area (Å²) in [6.07, 6.45) is 7.73. The van der Waals surface area contributed by atoms with E-state index in [-0.39, 0.29) is 33.4 Å². The lowest BCUT2D eigenvalue weighted by molar-refractivity contribution is 0.0398. The topological polar surface area (TPSA) is 307 Å². The fourth-order valence-corrected chi connectivity index (χ4v) is 14.6. The highest BCUT2D eigenvalue weighted by atomic mass is 16.5. The van der Waals surface area contributed by atoms with Crippen LogP contribution in [-0.4, -0.2) is 233 Å². The third kappa shape index (κ3) is 22.9. The molecule has 30 nitrogen and oxygen atoms in total. The lowest BCUT2D eigenvalue weighted by Crippen LogP contribution is -2.39. The maximum Gasteiger partial charge on any atom is 0.261 e. The molecule has 12 aromatic rings. The van der Waals surface area contributed by atoms with Crippen LogP contribution >= 0.6 is 0 Å². The predicted molar refractivity (Wildman–Crippen MR) is 489 cm³/mol. The van der Waals surface area contributed by atoms with Crippen LogP contribution in [0.1, 0.15) is 86.0 Å². The van der Waals surface area contributed by atoms with Crippen LogP contribution in [0.3, 0.4) is 0 Å². The third-order valence-electron chi connectivity index (χ3n) is 22.6. The molecule has 0 unspecified atom stereocenters. The van der Waals surface area contributed by atoms with Gasteiger partial charge in [0.15, 0.2) is 0 Å². The van der Waals surface area contributed by atoms with Gasteiger partial charge in [0.1, 0.15) is 40.8 Å². The van der Waals surface area contributed by atoms with Crippen molar-refractivity contribution in [1.29, 1.82) is 0 Å². The van der Waals surface area contributed by atoms with Crippen molar-refractivity contribution < 1.29 is 4.74 Å². The van der Waals surface area contributed by atoms with E-state index in [1.54, 1.807) is 69.7 Å². The molecule has 638 valence electrons. The number of ether oxygens (including phenoxy) is 1. The summed E-state index contributed by atoms with van der Waals surface area (Å²) in [4.78, 5) is 116. The SMILES string of the molecule is CCCNc1ccc2c(=O)n(C)c(C)nc2c1.Cc1nc2cc(C3=NCCN3C)ccc2c(=O)n1C.Cc1nc2cc(NCCN(C)C)ccc2c(=O)n1C.Cc1nc2cc(NCCN3CCCC3)ccc2c(=O)n1C.Cc1nc2cc(NCCN3CCCCC3)ccc2c(=O)n1C.Cc1nc2cc(NCCN3CCOCC3)ccc2c(=O)n1C. The molecule has 4 aliphatic rings. The van der Waals surface area contributed by atoms with Crippen molar-refractivity contribution in [1.82, 2.24) is 81.8 Å². The van der Waals surface area contributed by atoms with Crippen LogP contribution in [0.2, 0.25) is 0 Å². The van der Waals surface area contributed by atoms with Gasteiger partial charge in [0.05, 0.1) is 85.2 Å². The molecule has 6 aromatic heterocycles. The number of amidine groups is 1. The number of hydrogen-bond acceptors (Lipinski definition) is 24. The molecule has 30 heteroatoms. The summed E-state index contributed by atoms with van der Waals surface area (Å²) in [5.41, 5.74) is 10.7. The summed E-state index contributed by atoms with van der Waals surface area (Å²) < 4.78 is 14.8. The number of rotatable bonds is 20. The van der Waals surface area contributed by atoms with Gasteiger partial charge in [0.25, 0.3) is 33.4 Å². The molecule has 0 aliphatic carbocycles. The summed E-state index contributed by atoms with van der Waals surface area (Å²) in [6.45, 7) is 32.1. The minimum absolute atomic E-state index is 0.00217. The highest BCUT2D eigenvalue weighted by Gasteiger charge is 2.19. The summed E-state index contributed by atoms with van der Waals surface area (Å²) in [5, 5.41) is 20.9. The molecule has 3 fully saturated rings. The highest BCUT2D eigenvalue weighted by molar-refractivity contribution is 6.02. The molecule has 3 saturated heterocycles. The van der Waals surface area contributed by atoms with Gasteiger partial charge >= 0.3 is 0 Å². The number of anilines is 5. The molecule has 4 aliphatic heterocycles. The van der Waals surface area contributed by atoms with Crippen molar-refractivity contribution in [2.24, 2.45) is 47.3 Å². The molecule has 0 spiro atoms. The molecule has 10 heterocycles. The standard InChI is InChI=1S/C17H24N4O.C16H22N4O2.C16H22N4O.C14H16N4O.C14H20N4O.C13H17N3O/c1-13-19-16-12-14(6-7-15(16)17(22)20(13)2)18-8-11-21-9-4-3-5-10-21;1-12-18-15-11-13(3-4-14(15)16(21)19(12)2)17-5-6-20-7-9-22-10-8-20;1-12-18-15-11-13(5-6-14(15)16(21)19(12)2)17-7-10-20-8-3-4-9-20;1-9-16-12-8-10(13-15-6-7-17(13)2)4-5-11(12)14(19)18(9)3;1-10-16-13-9-11(15-7-8-17(2)3)5-6-12(13)14(19)18(10)4;1-4-7-14-10-5-6-11-12(8-10)15-9(2)16(3)13(11)17/h6-7,12,18H,3-5,8-11H2,1-2H3;3-4,11,17H,5-10H2,1-2H3;5-6,11,17H,3-4,7-10H2,1-2H3;4-5,8H,6-7H2,1-3H3;5-6,9,15H,7-8H2,1-4H3;5-6,8,14H,4,7H2,1-3H3. The normalized spacial score (nSPS) is 14.3. The minimum atomic E-state index is -0.00392. The number of likely N-dealkylation sites (N-methyl/N-ethyl adjacent to an activating group) is 2. The first-order valence-electron chi connectivity index (χ1n) is 41.8. The number of benzene rings is 6. The molecule has 0 saturated carbocycles. The average Bonchev–Trinajstić information content (AvgIpc) is 1.06. The van der Waals surface area contributed by atoms with E-state index in [0.29, 0.717) is 32.3 Å². The van der Waals surface area contributed by atoms with E-state index in [9.17, 15) is 28.8 Å².